The molecule has 0 saturated heterocycles. The molecule has 0 aliphatic heterocycles. The molecule has 0 bridgehead atoms. The smallest absolute Gasteiger partial charge is 0.0955 e. The van der Waals surface area contributed by atoms with Crippen LogP contribution in [0, 0.1) is 0 Å². The summed E-state index contributed by atoms with van der Waals surface area (Å²) in [5, 5.41) is 1.10. The molecule has 0 fully saturated rings. The molecule has 1 unspecified atom stereocenters. The van der Waals surface area contributed by atoms with Gasteiger partial charge in [0.15, 0.2) is 0 Å². The molecule has 3 N–H and O–H groups in total. The summed E-state index contributed by atoms with van der Waals surface area (Å²) in [7, 11) is 0. The Kier molecular flexibility index (Phi) is 5.07. The standard InChI is InChI=1S/C13H19N3OS/c1-2-7-17-9-10(16-14)8-13-15-11-5-3-4-6-12(11)18-13/h3-6,10,16H,2,7-9,14H2,1H3. The van der Waals surface area contributed by atoms with E-state index < -0.39 is 0 Å². The zero-order valence-electron chi connectivity index (χ0n) is 10.6. The molecule has 1 atom stereocenters. The number of nitrogens with two attached hydrogens (primary N) is 1. The van der Waals surface area contributed by atoms with E-state index in [-0.39, 0.29) is 6.04 Å². The van der Waals surface area contributed by atoms with Crippen molar-refractivity contribution in [1.29, 1.82) is 0 Å². The minimum absolute atomic E-state index is 0.122. The first kappa shape index (κ1) is 13.4. The number of ether oxygens (including phenoxy) is 1. The van der Waals surface area contributed by atoms with Gasteiger partial charge >= 0.3 is 0 Å². The van der Waals surface area contributed by atoms with Crippen LogP contribution < -0.4 is 11.3 Å². The Labute approximate surface area is 111 Å². The average molecular weight is 265 g/mol. The number of nitrogens with one attached hydrogen (secondary N) is 1. The molecule has 4 nitrogen and oxygen atoms in total. The number of hydrogen-bond donors (Lipinski definition) is 2. The van der Waals surface area contributed by atoms with Gasteiger partial charge in [-0.2, -0.15) is 0 Å². The molecule has 0 aliphatic rings. The van der Waals surface area contributed by atoms with Gasteiger partial charge in [0.05, 0.1) is 27.9 Å². The van der Waals surface area contributed by atoms with Crippen LogP contribution in [0.4, 0.5) is 0 Å². The monoisotopic (exact) mass is 265 g/mol. The summed E-state index contributed by atoms with van der Waals surface area (Å²) in [4.78, 5) is 4.60. The predicted octanol–water partition coefficient (Wildman–Crippen LogP) is 2.10. The number of thiazole rings is 1. The lowest BCUT2D eigenvalue weighted by Gasteiger charge is -2.14. The van der Waals surface area contributed by atoms with E-state index in [0.29, 0.717) is 6.61 Å². The van der Waals surface area contributed by atoms with Crippen molar-refractivity contribution in [2.45, 2.75) is 25.8 Å². The third-order valence-electron chi connectivity index (χ3n) is 2.66. The SMILES string of the molecule is CCCOCC(Cc1nc2ccccc2s1)NN. The van der Waals surface area contributed by atoms with Crippen molar-refractivity contribution in [1.82, 2.24) is 10.4 Å². The van der Waals surface area contributed by atoms with E-state index >= 15 is 0 Å². The maximum absolute atomic E-state index is 5.54. The third kappa shape index (κ3) is 3.49. The first-order chi connectivity index (χ1) is 8.83. The van der Waals surface area contributed by atoms with Gasteiger partial charge in [-0.3, -0.25) is 11.3 Å². The quantitative estimate of drug-likeness (QED) is 0.457. The highest BCUT2D eigenvalue weighted by Gasteiger charge is 2.11. The van der Waals surface area contributed by atoms with Gasteiger partial charge in [0.2, 0.25) is 0 Å². The highest BCUT2D eigenvalue weighted by molar-refractivity contribution is 7.18. The van der Waals surface area contributed by atoms with Crippen molar-refractivity contribution >= 4 is 21.6 Å². The second-order valence-electron chi connectivity index (χ2n) is 4.22. The van der Waals surface area contributed by atoms with Crippen LogP contribution in [-0.2, 0) is 11.2 Å². The predicted molar refractivity (Wildman–Crippen MR) is 75.5 cm³/mol. The van der Waals surface area contributed by atoms with Gasteiger partial charge in [0.25, 0.3) is 0 Å². The fourth-order valence-corrected chi connectivity index (χ4v) is 2.80. The van der Waals surface area contributed by atoms with Crippen LogP contribution in [0.1, 0.15) is 18.4 Å². The molecule has 1 heterocycles. The Morgan fingerprint density at radius 2 is 2.28 bits per heavy atom. The molecule has 5 heteroatoms. The lowest BCUT2D eigenvalue weighted by atomic mass is 10.2. The fourth-order valence-electron chi connectivity index (χ4n) is 1.75. The van der Waals surface area contributed by atoms with Crippen molar-refractivity contribution < 1.29 is 4.74 Å². The summed E-state index contributed by atoms with van der Waals surface area (Å²) >= 11 is 1.72. The molecular formula is C13H19N3OS. The van der Waals surface area contributed by atoms with Gasteiger partial charge in [-0.1, -0.05) is 19.1 Å². The summed E-state index contributed by atoms with van der Waals surface area (Å²) in [6.45, 7) is 3.50. The number of nitrogens with zero attached hydrogens (tertiary/aromatic N) is 1. The molecular weight excluding hydrogens is 246 g/mol. The van der Waals surface area contributed by atoms with E-state index in [0.717, 1.165) is 30.0 Å². The normalized spacial score (nSPS) is 13.0. The van der Waals surface area contributed by atoms with Gasteiger partial charge in [-0.15, -0.1) is 11.3 Å². The van der Waals surface area contributed by atoms with E-state index in [9.17, 15) is 0 Å². The largest absolute Gasteiger partial charge is 0.380 e. The van der Waals surface area contributed by atoms with Crippen LogP contribution in [0.3, 0.4) is 0 Å². The van der Waals surface area contributed by atoms with Gasteiger partial charge < -0.3 is 4.74 Å². The van der Waals surface area contributed by atoms with E-state index in [2.05, 4.69) is 23.4 Å². The molecule has 0 aliphatic carbocycles. The summed E-state index contributed by atoms with van der Waals surface area (Å²) in [5.41, 5.74) is 3.85. The van der Waals surface area contributed by atoms with E-state index in [4.69, 9.17) is 10.6 Å². The minimum atomic E-state index is 0.122. The van der Waals surface area contributed by atoms with Crippen molar-refractivity contribution in [3.63, 3.8) is 0 Å². The number of benzene rings is 1. The molecule has 1 aromatic heterocycles. The highest BCUT2D eigenvalue weighted by atomic mass is 32.1. The zero-order chi connectivity index (χ0) is 12.8. The maximum atomic E-state index is 5.54. The second-order valence-corrected chi connectivity index (χ2v) is 5.33. The summed E-state index contributed by atoms with van der Waals surface area (Å²) in [5.74, 6) is 5.54. The fraction of sp³-hybridized carbons (Fsp3) is 0.462. The molecule has 0 amide bonds. The Morgan fingerprint density at radius 1 is 1.44 bits per heavy atom. The molecule has 2 rings (SSSR count). The number of rotatable bonds is 7. The van der Waals surface area contributed by atoms with E-state index in [1.165, 1.54) is 4.70 Å². The van der Waals surface area contributed by atoms with Gasteiger partial charge in [-0.25, -0.2) is 4.98 Å². The van der Waals surface area contributed by atoms with Crippen LogP contribution in [-0.4, -0.2) is 24.2 Å². The molecule has 0 radical (unpaired) electrons. The Balaban J connectivity index is 1.97. The molecule has 18 heavy (non-hydrogen) atoms. The first-order valence-electron chi connectivity index (χ1n) is 6.21. The lowest BCUT2D eigenvalue weighted by molar-refractivity contribution is 0.112. The molecule has 1 aromatic carbocycles. The molecule has 98 valence electrons. The summed E-state index contributed by atoms with van der Waals surface area (Å²) in [6, 6.07) is 8.29. The number of aromatic nitrogens is 1. The van der Waals surface area contributed by atoms with E-state index in [1.807, 2.05) is 18.2 Å². The number of hydrazine groups is 1. The van der Waals surface area contributed by atoms with Crippen LogP contribution in [0.5, 0.6) is 0 Å². The molecule has 0 saturated carbocycles. The van der Waals surface area contributed by atoms with Gasteiger partial charge in [0, 0.05) is 13.0 Å². The second kappa shape index (κ2) is 6.80. The zero-order valence-corrected chi connectivity index (χ0v) is 11.4. The topological polar surface area (TPSA) is 60.2 Å². The van der Waals surface area contributed by atoms with Crippen LogP contribution in [0.2, 0.25) is 0 Å². The number of hydrogen-bond acceptors (Lipinski definition) is 5. The Hall–Kier alpha value is -1.01. The van der Waals surface area contributed by atoms with Crippen LogP contribution >= 0.6 is 11.3 Å². The summed E-state index contributed by atoms with van der Waals surface area (Å²) < 4.78 is 6.74. The number of para-hydroxylation sites is 1. The van der Waals surface area contributed by atoms with Crippen LogP contribution in [0.15, 0.2) is 24.3 Å². The minimum Gasteiger partial charge on any atom is -0.380 e. The molecule has 0 spiro atoms. The van der Waals surface area contributed by atoms with Gasteiger partial charge in [0.1, 0.15) is 0 Å². The van der Waals surface area contributed by atoms with Crippen molar-refractivity contribution in [2.24, 2.45) is 5.84 Å². The van der Waals surface area contributed by atoms with Crippen molar-refractivity contribution in [3.8, 4) is 0 Å². The average Bonchev–Trinajstić information content (AvgIpc) is 2.80. The first-order valence-corrected chi connectivity index (χ1v) is 7.03. The maximum Gasteiger partial charge on any atom is 0.0955 e. The highest BCUT2D eigenvalue weighted by Crippen LogP contribution is 2.22. The Morgan fingerprint density at radius 3 is 3.00 bits per heavy atom. The number of fused-ring (bicyclic) bond motifs is 1. The van der Waals surface area contributed by atoms with Crippen molar-refractivity contribution in [2.75, 3.05) is 13.2 Å². The Bertz CT molecular complexity index is 453. The van der Waals surface area contributed by atoms with Crippen molar-refractivity contribution in [3.05, 3.63) is 29.3 Å². The van der Waals surface area contributed by atoms with Gasteiger partial charge in [-0.05, 0) is 18.6 Å². The lowest BCUT2D eigenvalue weighted by Crippen LogP contribution is -2.40. The molecule has 2 aromatic rings. The van der Waals surface area contributed by atoms with E-state index in [1.54, 1.807) is 11.3 Å². The van der Waals surface area contributed by atoms with Crippen LogP contribution in [0.25, 0.3) is 10.2 Å². The third-order valence-corrected chi connectivity index (χ3v) is 3.72. The summed E-state index contributed by atoms with van der Waals surface area (Å²) in [6.07, 6.45) is 1.83.